The Labute approximate surface area is 102 Å². The molecule has 1 aromatic heterocycles. The largest absolute Gasteiger partial charge is 0.310 e. The molecule has 2 rings (SSSR count). The summed E-state index contributed by atoms with van der Waals surface area (Å²) in [6.45, 7) is 5.26. The molecule has 0 aliphatic carbocycles. The summed E-state index contributed by atoms with van der Waals surface area (Å²) in [7, 11) is 0. The number of nitrogens with one attached hydrogen (secondary N) is 1. The number of benzene rings is 1. The van der Waals surface area contributed by atoms with Crippen molar-refractivity contribution in [3.63, 3.8) is 0 Å². The normalized spacial score (nSPS) is 12.4. The molecule has 0 saturated heterocycles. The first-order valence-electron chi connectivity index (χ1n) is 5.91. The molecule has 2 aromatic rings. The Bertz CT molecular complexity index is 451. The first-order valence-corrected chi connectivity index (χ1v) is 5.91. The van der Waals surface area contributed by atoms with Crippen LogP contribution in [-0.2, 0) is 0 Å². The van der Waals surface area contributed by atoms with Crippen molar-refractivity contribution in [2.75, 3.05) is 6.54 Å². The molecule has 0 aliphatic rings. The summed E-state index contributed by atoms with van der Waals surface area (Å²) in [5.41, 5.74) is 3.31. The lowest BCUT2D eigenvalue weighted by molar-refractivity contribution is 0.598. The van der Waals surface area contributed by atoms with E-state index in [1.807, 2.05) is 0 Å². The lowest BCUT2D eigenvalue weighted by Crippen LogP contribution is -2.17. The lowest BCUT2D eigenvalue weighted by Gasteiger charge is -2.12. The number of nitrogens with zero attached hydrogens (tertiary/aromatic N) is 2. The van der Waals surface area contributed by atoms with Gasteiger partial charge in [0.25, 0.3) is 0 Å². The van der Waals surface area contributed by atoms with Gasteiger partial charge in [-0.15, -0.1) is 0 Å². The highest BCUT2D eigenvalue weighted by Crippen LogP contribution is 2.19. The van der Waals surface area contributed by atoms with E-state index in [-0.39, 0.29) is 0 Å². The van der Waals surface area contributed by atoms with E-state index in [0.29, 0.717) is 6.04 Å². The molecule has 1 atom stereocenters. The van der Waals surface area contributed by atoms with Crippen molar-refractivity contribution in [2.45, 2.75) is 19.9 Å². The van der Waals surface area contributed by atoms with Gasteiger partial charge in [-0.05, 0) is 19.0 Å². The highest BCUT2D eigenvalue weighted by atomic mass is 14.9. The molecule has 0 bridgehead atoms. The summed E-state index contributed by atoms with van der Waals surface area (Å²) in [6, 6.07) is 8.84. The molecule has 0 spiro atoms. The van der Waals surface area contributed by atoms with Crippen molar-refractivity contribution in [3.8, 4) is 11.3 Å². The molecule has 3 nitrogen and oxygen atoms in total. The zero-order valence-corrected chi connectivity index (χ0v) is 10.2. The van der Waals surface area contributed by atoms with Crippen molar-refractivity contribution < 1.29 is 0 Å². The molecule has 1 unspecified atom stereocenters. The molecule has 17 heavy (non-hydrogen) atoms. The van der Waals surface area contributed by atoms with Crippen LogP contribution in [0.4, 0.5) is 0 Å². The fourth-order valence-electron chi connectivity index (χ4n) is 1.81. The van der Waals surface area contributed by atoms with Gasteiger partial charge in [-0.25, -0.2) is 0 Å². The second-order valence-corrected chi connectivity index (χ2v) is 3.99. The van der Waals surface area contributed by atoms with Crippen LogP contribution < -0.4 is 5.32 Å². The standard InChI is InChI=1S/C14H17N3/c1-3-16-11(2)12-4-6-13(7-5-12)14-10-15-8-9-17-14/h4-11,16H,3H2,1-2H3. The minimum atomic E-state index is 0.385. The molecule has 0 saturated carbocycles. The van der Waals surface area contributed by atoms with Crippen LogP contribution in [0.5, 0.6) is 0 Å². The minimum absolute atomic E-state index is 0.385. The Balaban J connectivity index is 2.19. The third-order valence-corrected chi connectivity index (χ3v) is 2.78. The summed E-state index contributed by atoms with van der Waals surface area (Å²) < 4.78 is 0. The summed E-state index contributed by atoms with van der Waals surface area (Å²) in [5, 5.41) is 3.39. The molecule has 1 aromatic carbocycles. The Morgan fingerprint density at radius 1 is 1.18 bits per heavy atom. The Morgan fingerprint density at radius 3 is 2.53 bits per heavy atom. The molecule has 0 amide bonds. The summed E-state index contributed by atoms with van der Waals surface area (Å²) in [5.74, 6) is 0. The lowest BCUT2D eigenvalue weighted by atomic mass is 10.0. The molecule has 1 N–H and O–H groups in total. The van der Waals surface area contributed by atoms with Gasteiger partial charge >= 0.3 is 0 Å². The number of aromatic nitrogens is 2. The number of hydrogen-bond acceptors (Lipinski definition) is 3. The predicted octanol–water partition coefficient (Wildman–Crippen LogP) is 2.81. The van der Waals surface area contributed by atoms with Crippen LogP contribution in [0.2, 0.25) is 0 Å². The van der Waals surface area contributed by atoms with Crippen molar-refractivity contribution >= 4 is 0 Å². The smallest absolute Gasteiger partial charge is 0.0885 e. The molecule has 88 valence electrons. The van der Waals surface area contributed by atoms with Crippen LogP contribution in [0, 0.1) is 0 Å². The van der Waals surface area contributed by atoms with Crippen LogP contribution in [0.25, 0.3) is 11.3 Å². The van der Waals surface area contributed by atoms with Crippen molar-refractivity contribution in [1.82, 2.24) is 15.3 Å². The molecule has 0 radical (unpaired) electrons. The van der Waals surface area contributed by atoms with Crippen LogP contribution in [0.15, 0.2) is 42.9 Å². The van der Waals surface area contributed by atoms with E-state index in [9.17, 15) is 0 Å². The molecule has 3 heteroatoms. The maximum Gasteiger partial charge on any atom is 0.0885 e. The fourth-order valence-corrected chi connectivity index (χ4v) is 1.81. The van der Waals surface area contributed by atoms with Gasteiger partial charge in [0.1, 0.15) is 0 Å². The second kappa shape index (κ2) is 5.55. The van der Waals surface area contributed by atoms with Gasteiger partial charge in [0.15, 0.2) is 0 Å². The van der Waals surface area contributed by atoms with Crippen molar-refractivity contribution in [1.29, 1.82) is 0 Å². The number of hydrogen-bond donors (Lipinski definition) is 1. The van der Waals surface area contributed by atoms with E-state index in [2.05, 4.69) is 53.4 Å². The van der Waals surface area contributed by atoms with E-state index in [1.165, 1.54) is 5.56 Å². The fraction of sp³-hybridized carbons (Fsp3) is 0.286. The number of rotatable bonds is 4. The average Bonchev–Trinajstić information content (AvgIpc) is 2.40. The Morgan fingerprint density at radius 2 is 1.94 bits per heavy atom. The summed E-state index contributed by atoms with van der Waals surface area (Å²) in [4.78, 5) is 8.35. The van der Waals surface area contributed by atoms with Crippen LogP contribution in [0.3, 0.4) is 0 Å². The molecular weight excluding hydrogens is 210 g/mol. The van der Waals surface area contributed by atoms with E-state index in [1.54, 1.807) is 18.6 Å². The van der Waals surface area contributed by atoms with E-state index >= 15 is 0 Å². The van der Waals surface area contributed by atoms with Crippen LogP contribution in [-0.4, -0.2) is 16.5 Å². The van der Waals surface area contributed by atoms with E-state index in [0.717, 1.165) is 17.8 Å². The average molecular weight is 227 g/mol. The van der Waals surface area contributed by atoms with Gasteiger partial charge < -0.3 is 5.32 Å². The van der Waals surface area contributed by atoms with Gasteiger partial charge in [0.2, 0.25) is 0 Å². The highest BCUT2D eigenvalue weighted by Gasteiger charge is 2.04. The second-order valence-electron chi connectivity index (χ2n) is 3.99. The third kappa shape index (κ3) is 2.88. The van der Waals surface area contributed by atoms with Gasteiger partial charge in [0.05, 0.1) is 11.9 Å². The van der Waals surface area contributed by atoms with Gasteiger partial charge in [-0.1, -0.05) is 31.2 Å². The molecular formula is C14H17N3. The molecule has 0 fully saturated rings. The van der Waals surface area contributed by atoms with Gasteiger partial charge in [-0.3, -0.25) is 9.97 Å². The predicted molar refractivity (Wildman–Crippen MR) is 69.6 cm³/mol. The zero-order valence-electron chi connectivity index (χ0n) is 10.2. The monoisotopic (exact) mass is 227 g/mol. The minimum Gasteiger partial charge on any atom is -0.310 e. The quantitative estimate of drug-likeness (QED) is 0.872. The SMILES string of the molecule is CCNC(C)c1ccc(-c2cnccn2)cc1. The highest BCUT2D eigenvalue weighted by molar-refractivity contribution is 5.58. The van der Waals surface area contributed by atoms with Gasteiger partial charge in [0, 0.05) is 24.0 Å². The summed E-state index contributed by atoms with van der Waals surface area (Å²) >= 11 is 0. The van der Waals surface area contributed by atoms with Crippen LogP contribution in [0.1, 0.15) is 25.5 Å². The van der Waals surface area contributed by atoms with E-state index in [4.69, 9.17) is 0 Å². The Hall–Kier alpha value is -1.74. The third-order valence-electron chi connectivity index (χ3n) is 2.78. The topological polar surface area (TPSA) is 37.8 Å². The van der Waals surface area contributed by atoms with Crippen molar-refractivity contribution in [3.05, 3.63) is 48.4 Å². The maximum absolute atomic E-state index is 4.28. The first kappa shape index (κ1) is 11.7. The first-order chi connectivity index (χ1) is 8.31. The van der Waals surface area contributed by atoms with E-state index < -0.39 is 0 Å². The Kier molecular flexibility index (Phi) is 3.83. The maximum atomic E-state index is 4.28. The molecule has 1 heterocycles. The van der Waals surface area contributed by atoms with Gasteiger partial charge in [-0.2, -0.15) is 0 Å². The zero-order chi connectivity index (χ0) is 12.1. The summed E-state index contributed by atoms with van der Waals surface area (Å²) in [6.07, 6.45) is 5.18. The molecule has 0 aliphatic heterocycles. The van der Waals surface area contributed by atoms with Crippen LogP contribution >= 0.6 is 0 Å². The van der Waals surface area contributed by atoms with Crippen molar-refractivity contribution in [2.24, 2.45) is 0 Å².